The molecule has 1 aliphatic rings. The molecule has 0 radical (unpaired) electrons. The summed E-state index contributed by atoms with van der Waals surface area (Å²) in [4.78, 5) is 15.6. The lowest BCUT2D eigenvalue weighted by Crippen LogP contribution is -2.21. The molecule has 0 saturated carbocycles. The molecule has 1 aliphatic heterocycles. The van der Waals surface area contributed by atoms with Crippen molar-refractivity contribution in [1.29, 1.82) is 0 Å². The molecule has 1 aromatic heterocycles. The van der Waals surface area contributed by atoms with E-state index >= 15 is 0 Å². The standard InChI is InChI=1S/C14H17N3O3S/c1-17-12-6-11(16-18)13(20-2)7-10(12)15-14(17)9-4-3-5-21(19)8-9/h6-7,9H,3-5,8H2,1-2H3. The molecule has 0 spiro atoms. The van der Waals surface area contributed by atoms with Crippen LogP contribution in [0.15, 0.2) is 17.3 Å². The number of methoxy groups -OCH3 is 1. The van der Waals surface area contributed by atoms with Gasteiger partial charge in [-0.05, 0) is 24.1 Å². The molecule has 7 heteroatoms. The van der Waals surface area contributed by atoms with E-state index in [0.717, 1.165) is 35.5 Å². The van der Waals surface area contributed by atoms with Crippen LogP contribution in [0.4, 0.5) is 5.69 Å². The Bertz CT molecular complexity index is 726. The zero-order chi connectivity index (χ0) is 15.0. The Morgan fingerprint density at radius 2 is 2.29 bits per heavy atom. The van der Waals surface area contributed by atoms with E-state index < -0.39 is 10.8 Å². The Hall–Kier alpha value is -1.76. The maximum atomic E-state index is 11.8. The Balaban J connectivity index is 2.10. The topological polar surface area (TPSA) is 73.5 Å². The first-order valence-electron chi connectivity index (χ1n) is 6.86. The fraction of sp³-hybridized carbons (Fsp3) is 0.500. The highest BCUT2D eigenvalue weighted by Crippen LogP contribution is 2.35. The van der Waals surface area contributed by atoms with Gasteiger partial charge >= 0.3 is 0 Å². The predicted molar refractivity (Wildman–Crippen MR) is 82.6 cm³/mol. The van der Waals surface area contributed by atoms with Gasteiger partial charge in [0.05, 0.1) is 18.1 Å². The highest BCUT2D eigenvalue weighted by Gasteiger charge is 2.25. The van der Waals surface area contributed by atoms with Gasteiger partial charge in [-0.2, -0.15) is 0 Å². The maximum Gasteiger partial charge on any atom is 0.152 e. The summed E-state index contributed by atoms with van der Waals surface area (Å²) in [5, 5.41) is 3.00. The molecule has 0 amide bonds. The van der Waals surface area contributed by atoms with E-state index in [4.69, 9.17) is 4.74 Å². The Labute approximate surface area is 124 Å². The number of benzene rings is 1. The third-order valence-electron chi connectivity index (χ3n) is 3.99. The number of rotatable bonds is 3. The number of imidazole rings is 1. The molecule has 0 aliphatic carbocycles. The number of hydrogen-bond acceptors (Lipinski definition) is 5. The average molecular weight is 307 g/mol. The Morgan fingerprint density at radius 3 is 2.95 bits per heavy atom. The molecule has 1 fully saturated rings. The number of aryl methyl sites for hydroxylation is 1. The van der Waals surface area contributed by atoms with Crippen LogP contribution in [0, 0.1) is 4.91 Å². The summed E-state index contributed by atoms with van der Waals surface area (Å²) in [5.41, 5.74) is 1.89. The van der Waals surface area contributed by atoms with Crippen molar-refractivity contribution in [1.82, 2.24) is 9.55 Å². The summed E-state index contributed by atoms with van der Waals surface area (Å²) in [7, 11) is 2.66. The number of aromatic nitrogens is 2. The van der Waals surface area contributed by atoms with Gasteiger partial charge in [-0.15, -0.1) is 4.91 Å². The van der Waals surface area contributed by atoms with Crippen LogP contribution in [0.25, 0.3) is 11.0 Å². The second-order valence-electron chi connectivity index (χ2n) is 5.28. The summed E-state index contributed by atoms with van der Waals surface area (Å²) >= 11 is 0. The summed E-state index contributed by atoms with van der Waals surface area (Å²) < 4.78 is 18.9. The molecule has 112 valence electrons. The monoisotopic (exact) mass is 307 g/mol. The molecule has 2 heterocycles. The highest BCUT2D eigenvalue weighted by atomic mass is 32.2. The van der Waals surface area contributed by atoms with E-state index in [-0.39, 0.29) is 11.6 Å². The molecule has 6 nitrogen and oxygen atoms in total. The summed E-state index contributed by atoms with van der Waals surface area (Å²) in [5.74, 6) is 2.99. The number of ether oxygens (including phenoxy) is 1. The molecule has 1 aromatic carbocycles. The SMILES string of the molecule is COc1cc2nc(C3CCCS(=O)C3)n(C)c2cc1N=O. The fourth-order valence-electron chi connectivity index (χ4n) is 2.91. The van der Waals surface area contributed by atoms with Crippen molar-refractivity contribution in [3.63, 3.8) is 0 Å². The van der Waals surface area contributed by atoms with Gasteiger partial charge in [0.2, 0.25) is 0 Å². The van der Waals surface area contributed by atoms with Gasteiger partial charge in [-0.3, -0.25) is 4.21 Å². The molecule has 0 N–H and O–H groups in total. The molecule has 21 heavy (non-hydrogen) atoms. The van der Waals surface area contributed by atoms with Crippen molar-refractivity contribution >= 4 is 27.5 Å². The molecular formula is C14H17N3O3S. The second-order valence-corrected chi connectivity index (χ2v) is 6.90. The van der Waals surface area contributed by atoms with E-state index in [1.807, 2.05) is 11.6 Å². The van der Waals surface area contributed by atoms with E-state index in [2.05, 4.69) is 10.2 Å². The zero-order valence-electron chi connectivity index (χ0n) is 12.0. The molecule has 0 bridgehead atoms. The first kappa shape index (κ1) is 14.2. The average Bonchev–Trinajstić information content (AvgIpc) is 2.82. The zero-order valence-corrected chi connectivity index (χ0v) is 12.9. The third-order valence-corrected chi connectivity index (χ3v) is 5.51. The Morgan fingerprint density at radius 1 is 1.48 bits per heavy atom. The first-order chi connectivity index (χ1) is 10.1. The molecule has 1 saturated heterocycles. The molecule has 2 aromatic rings. The van der Waals surface area contributed by atoms with Crippen LogP contribution >= 0.6 is 0 Å². The van der Waals surface area contributed by atoms with Crippen molar-refractivity contribution in [2.45, 2.75) is 18.8 Å². The van der Waals surface area contributed by atoms with Crippen LogP contribution in [0.1, 0.15) is 24.6 Å². The highest BCUT2D eigenvalue weighted by molar-refractivity contribution is 7.85. The number of fused-ring (bicyclic) bond motifs is 1. The lowest BCUT2D eigenvalue weighted by atomic mass is 10.1. The van der Waals surface area contributed by atoms with Crippen molar-refractivity contribution in [2.75, 3.05) is 18.6 Å². The van der Waals surface area contributed by atoms with Gasteiger partial charge in [-0.25, -0.2) is 4.98 Å². The van der Waals surface area contributed by atoms with Crippen molar-refractivity contribution < 1.29 is 8.95 Å². The van der Waals surface area contributed by atoms with Crippen molar-refractivity contribution in [2.24, 2.45) is 12.2 Å². The van der Waals surface area contributed by atoms with Gasteiger partial charge < -0.3 is 9.30 Å². The lowest BCUT2D eigenvalue weighted by molar-refractivity contribution is 0.416. The van der Waals surface area contributed by atoms with E-state index in [0.29, 0.717) is 11.5 Å². The van der Waals surface area contributed by atoms with Gasteiger partial charge in [-0.1, -0.05) is 0 Å². The summed E-state index contributed by atoms with van der Waals surface area (Å²) in [6, 6.07) is 3.42. The van der Waals surface area contributed by atoms with Crippen LogP contribution in [0.5, 0.6) is 5.75 Å². The largest absolute Gasteiger partial charge is 0.494 e. The summed E-state index contributed by atoms with van der Waals surface area (Å²) in [6.07, 6.45) is 1.96. The summed E-state index contributed by atoms with van der Waals surface area (Å²) in [6.45, 7) is 0. The van der Waals surface area contributed by atoms with Crippen LogP contribution in [0.2, 0.25) is 0 Å². The van der Waals surface area contributed by atoms with E-state index in [1.54, 1.807) is 12.1 Å². The van der Waals surface area contributed by atoms with Gasteiger partial charge in [0, 0.05) is 41.3 Å². The Kier molecular flexibility index (Phi) is 3.75. The molecule has 2 unspecified atom stereocenters. The maximum absolute atomic E-state index is 11.8. The fourth-order valence-corrected chi connectivity index (χ4v) is 4.33. The lowest BCUT2D eigenvalue weighted by Gasteiger charge is -2.20. The number of hydrogen-bond donors (Lipinski definition) is 0. The van der Waals surface area contributed by atoms with Crippen LogP contribution in [-0.2, 0) is 17.8 Å². The van der Waals surface area contributed by atoms with Crippen molar-refractivity contribution in [3.8, 4) is 5.75 Å². The van der Waals surface area contributed by atoms with Gasteiger partial charge in [0.25, 0.3) is 0 Å². The minimum absolute atomic E-state index is 0.204. The van der Waals surface area contributed by atoms with Crippen LogP contribution in [0.3, 0.4) is 0 Å². The second kappa shape index (κ2) is 5.55. The third kappa shape index (κ3) is 2.46. The molecule has 2 atom stereocenters. The predicted octanol–water partition coefficient (Wildman–Crippen LogP) is 2.61. The molecular weight excluding hydrogens is 290 g/mol. The smallest absolute Gasteiger partial charge is 0.152 e. The van der Waals surface area contributed by atoms with Gasteiger partial charge in [0.15, 0.2) is 5.69 Å². The van der Waals surface area contributed by atoms with E-state index in [1.165, 1.54) is 7.11 Å². The van der Waals surface area contributed by atoms with Crippen LogP contribution in [-0.4, -0.2) is 32.4 Å². The van der Waals surface area contributed by atoms with Crippen LogP contribution < -0.4 is 4.74 Å². The first-order valence-corrected chi connectivity index (χ1v) is 8.35. The minimum Gasteiger partial charge on any atom is -0.494 e. The van der Waals surface area contributed by atoms with Gasteiger partial charge in [0.1, 0.15) is 11.6 Å². The minimum atomic E-state index is -0.759. The molecule has 3 rings (SSSR count). The quantitative estimate of drug-likeness (QED) is 0.817. The van der Waals surface area contributed by atoms with E-state index in [9.17, 15) is 9.12 Å². The number of nitroso groups, excluding NO2 is 1. The van der Waals surface area contributed by atoms with Crippen molar-refractivity contribution in [3.05, 3.63) is 22.9 Å². The number of nitrogens with zero attached hydrogens (tertiary/aromatic N) is 3. The normalized spacial score (nSPS) is 22.4.